The van der Waals surface area contributed by atoms with E-state index >= 15 is 0 Å². The highest BCUT2D eigenvalue weighted by Crippen LogP contribution is 2.28. The van der Waals surface area contributed by atoms with Crippen LogP contribution >= 0.6 is 15.9 Å². The summed E-state index contributed by atoms with van der Waals surface area (Å²) in [5.41, 5.74) is 2.04. The predicted molar refractivity (Wildman–Crippen MR) is 70.6 cm³/mol. The quantitative estimate of drug-likeness (QED) is 0.887. The maximum atomic E-state index is 9.36. The van der Waals surface area contributed by atoms with Gasteiger partial charge in [0.1, 0.15) is 0 Å². The second-order valence-electron chi connectivity index (χ2n) is 4.40. The molecule has 88 valence electrons. The van der Waals surface area contributed by atoms with Crippen molar-refractivity contribution in [1.29, 1.82) is 0 Å². The van der Waals surface area contributed by atoms with Gasteiger partial charge in [-0.3, -0.25) is 0 Å². The zero-order valence-electron chi connectivity index (χ0n) is 9.38. The second kappa shape index (κ2) is 5.69. The molecule has 1 aromatic carbocycles. The van der Waals surface area contributed by atoms with E-state index in [1.807, 2.05) is 18.2 Å². The molecular formula is C13H18BrNO. The fourth-order valence-corrected chi connectivity index (χ4v) is 2.81. The Balaban J connectivity index is 2.10. The molecule has 2 N–H and O–H groups in total. The first-order valence-electron chi connectivity index (χ1n) is 5.96. The van der Waals surface area contributed by atoms with Gasteiger partial charge in [0.15, 0.2) is 0 Å². The van der Waals surface area contributed by atoms with Crippen molar-refractivity contribution in [3.63, 3.8) is 0 Å². The average Bonchev–Trinajstić information content (AvgIpc) is 2.31. The first-order chi connectivity index (χ1) is 7.81. The predicted octanol–water partition coefficient (Wildman–Crippen LogP) is 3.69. The SMILES string of the molecule is OCc1c(Br)cccc1NC1CCCCC1. The molecule has 0 amide bonds. The van der Waals surface area contributed by atoms with Gasteiger partial charge in [-0.1, -0.05) is 41.3 Å². The molecule has 1 aliphatic carbocycles. The molecule has 0 radical (unpaired) electrons. The number of hydrogen-bond acceptors (Lipinski definition) is 2. The van der Waals surface area contributed by atoms with Crippen molar-refractivity contribution in [2.75, 3.05) is 5.32 Å². The van der Waals surface area contributed by atoms with Gasteiger partial charge in [0.2, 0.25) is 0 Å². The van der Waals surface area contributed by atoms with Crippen LogP contribution < -0.4 is 5.32 Å². The highest BCUT2D eigenvalue weighted by Gasteiger charge is 2.14. The van der Waals surface area contributed by atoms with Gasteiger partial charge in [-0.15, -0.1) is 0 Å². The molecule has 2 rings (SSSR count). The molecule has 0 atom stereocenters. The molecule has 0 bridgehead atoms. The summed E-state index contributed by atoms with van der Waals surface area (Å²) < 4.78 is 0.982. The number of aliphatic hydroxyl groups is 1. The Morgan fingerprint density at radius 3 is 2.69 bits per heavy atom. The van der Waals surface area contributed by atoms with E-state index in [0.717, 1.165) is 15.7 Å². The third-order valence-electron chi connectivity index (χ3n) is 3.24. The summed E-state index contributed by atoms with van der Waals surface area (Å²) >= 11 is 3.47. The lowest BCUT2D eigenvalue weighted by atomic mass is 9.95. The molecule has 16 heavy (non-hydrogen) atoms. The lowest BCUT2D eigenvalue weighted by Crippen LogP contribution is -2.22. The Kier molecular flexibility index (Phi) is 4.24. The molecule has 1 fully saturated rings. The van der Waals surface area contributed by atoms with Crippen LogP contribution in [0.1, 0.15) is 37.7 Å². The molecule has 0 aromatic heterocycles. The van der Waals surface area contributed by atoms with Crippen LogP contribution in [0.3, 0.4) is 0 Å². The molecule has 0 saturated heterocycles. The smallest absolute Gasteiger partial charge is 0.0713 e. The third kappa shape index (κ3) is 2.77. The largest absolute Gasteiger partial charge is 0.392 e. The molecule has 1 aliphatic rings. The first kappa shape index (κ1) is 11.9. The fourth-order valence-electron chi connectivity index (χ4n) is 2.32. The van der Waals surface area contributed by atoms with Gasteiger partial charge in [0.05, 0.1) is 6.61 Å². The van der Waals surface area contributed by atoms with E-state index in [9.17, 15) is 5.11 Å². The van der Waals surface area contributed by atoms with E-state index in [0.29, 0.717) is 6.04 Å². The zero-order valence-corrected chi connectivity index (χ0v) is 11.0. The van der Waals surface area contributed by atoms with Gasteiger partial charge in [-0.2, -0.15) is 0 Å². The lowest BCUT2D eigenvalue weighted by Gasteiger charge is -2.25. The van der Waals surface area contributed by atoms with Gasteiger partial charge in [0.25, 0.3) is 0 Å². The number of nitrogens with one attached hydrogen (secondary N) is 1. The summed E-state index contributed by atoms with van der Waals surface area (Å²) in [6.45, 7) is 0.0798. The van der Waals surface area contributed by atoms with Crippen LogP contribution in [0.15, 0.2) is 22.7 Å². The maximum Gasteiger partial charge on any atom is 0.0713 e. The summed E-state index contributed by atoms with van der Waals surface area (Å²) in [6, 6.07) is 6.60. The summed E-state index contributed by atoms with van der Waals surface area (Å²) in [6.07, 6.45) is 6.50. The van der Waals surface area contributed by atoms with Crippen LogP contribution in [0.2, 0.25) is 0 Å². The zero-order chi connectivity index (χ0) is 11.4. The minimum Gasteiger partial charge on any atom is -0.392 e. The molecule has 0 heterocycles. The number of halogens is 1. The highest BCUT2D eigenvalue weighted by molar-refractivity contribution is 9.10. The van der Waals surface area contributed by atoms with E-state index in [4.69, 9.17) is 0 Å². The molecule has 0 unspecified atom stereocenters. The Labute approximate surface area is 105 Å². The van der Waals surface area contributed by atoms with Crippen LogP contribution in [0, 0.1) is 0 Å². The van der Waals surface area contributed by atoms with Crippen LogP contribution in [0.5, 0.6) is 0 Å². The van der Waals surface area contributed by atoms with E-state index in [-0.39, 0.29) is 6.61 Å². The molecule has 3 heteroatoms. The molecular weight excluding hydrogens is 266 g/mol. The number of benzene rings is 1. The minimum atomic E-state index is 0.0798. The van der Waals surface area contributed by atoms with Crippen molar-refractivity contribution in [2.45, 2.75) is 44.8 Å². The fraction of sp³-hybridized carbons (Fsp3) is 0.538. The van der Waals surface area contributed by atoms with Crippen LogP contribution in [-0.2, 0) is 6.61 Å². The summed E-state index contributed by atoms with van der Waals surface area (Å²) in [5, 5.41) is 12.9. The van der Waals surface area contributed by atoms with Crippen molar-refractivity contribution >= 4 is 21.6 Å². The molecule has 0 aliphatic heterocycles. The second-order valence-corrected chi connectivity index (χ2v) is 5.26. The van der Waals surface area contributed by atoms with Gasteiger partial charge in [-0.05, 0) is 25.0 Å². The topological polar surface area (TPSA) is 32.3 Å². The standard InChI is InChI=1S/C13H18BrNO/c14-12-7-4-8-13(11(12)9-16)15-10-5-2-1-3-6-10/h4,7-8,10,15-16H,1-3,5-6,9H2. The van der Waals surface area contributed by atoms with Gasteiger partial charge < -0.3 is 10.4 Å². The third-order valence-corrected chi connectivity index (χ3v) is 3.98. The minimum absolute atomic E-state index is 0.0798. The van der Waals surface area contributed by atoms with E-state index in [1.165, 1.54) is 32.1 Å². The Bertz CT molecular complexity index is 348. The van der Waals surface area contributed by atoms with Gasteiger partial charge in [-0.25, -0.2) is 0 Å². The highest BCUT2D eigenvalue weighted by atomic mass is 79.9. The van der Waals surface area contributed by atoms with Crippen molar-refractivity contribution in [1.82, 2.24) is 0 Å². The summed E-state index contributed by atoms with van der Waals surface area (Å²) in [4.78, 5) is 0. The normalized spacial score (nSPS) is 17.4. The Morgan fingerprint density at radius 1 is 1.25 bits per heavy atom. The maximum absolute atomic E-state index is 9.36. The molecule has 0 spiro atoms. The Hall–Kier alpha value is -0.540. The first-order valence-corrected chi connectivity index (χ1v) is 6.75. The number of hydrogen-bond donors (Lipinski definition) is 2. The summed E-state index contributed by atoms with van der Waals surface area (Å²) in [7, 11) is 0. The van der Waals surface area contributed by atoms with Crippen molar-refractivity contribution < 1.29 is 5.11 Å². The van der Waals surface area contributed by atoms with Crippen LogP contribution in [-0.4, -0.2) is 11.1 Å². The number of rotatable bonds is 3. The monoisotopic (exact) mass is 283 g/mol. The van der Waals surface area contributed by atoms with Crippen molar-refractivity contribution in [3.05, 3.63) is 28.2 Å². The van der Waals surface area contributed by atoms with E-state index < -0.39 is 0 Å². The lowest BCUT2D eigenvalue weighted by molar-refractivity contribution is 0.281. The van der Waals surface area contributed by atoms with E-state index in [1.54, 1.807) is 0 Å². The van der Waals surface area contributed by atoms with Crippen molar-refractivity contribution in [2.24, 2.45) is 0 Å². The van der Waals surface area contributed by atoms with E-state index in [2.05, 4.69) is 21.2 Å². The Morgan fingerprint density at radius 2 is 2.00 bits per heavy atom. The van der Waals surface area contributed by atoms with Crippen molar-refractivity contribution in [3.8, 4) is 0 Å². The number of aliphatic hydroxyl groups excluding tert-OH is 1. The molecule has 2 nitrogen and oxygen atoms in total. The summed E-state index contributed by atoms with van der Waals surface area (Å²) in [5.74, 6) is 0. The van der Waals surface area contributed by atoms with Crippen LogP contribution in [0.4, 0.5) is 5.69 Å². The average molecular weight is 284 g/mol. The van der Waals surface area contributed by atoms with Gasteiger partial charge >= 0.3 is 0 Å². The molecule has 1 saturated carbocycles. The van der Waals surface area contributed by atoms with Gasteiger partial charge in [0, 0.05) is 21.8 Å². The molecule has 1 aromatic rings. The van der Waals surface area contributed by atoms with Crippen LogP contribution in [0.25, 0.3) is 0 Å². The number of anilines is 1.